The third-order valence-electron chi connectivity index (χ3n) is 1.55. The highest BCUT2D eigenvalue weighted by atomic mass is 19.1. The summed E-state index contributed by atoms with van der Waals surface area (Å²) in [6.07, 6.45) is 11.7. The minimum Gasteiger partial charge on any atom is -0.238 e. The van der Waals surface area contributed by atoms with E-state index in [-0.39, 0.29) is 0 Å². The van der Waals surface area contributed by atoms with Gasteiger partial charge in [0.15, 0.2) is 0 Å². The lowest BCUT2D eigenvalue weighted by molar-refractivity contribution is 0.468. The molecule has 0 saturated heterocycles. The second kappa shape index (κ2) is 11.3. The van der Waals surface area contributed by atoms with Crippen molar-refractivity contribution in [3.05, 3.63) is 41.4 Å². The lowest BCUT2D eigenvalue weighted by Crippen LogP contribution is -1.89. The number of hydrazone groups is 1. The topological polar surface area (TPSA) is 53.8 Å². The van der Waals surface area contributed by atoms with Gasteiger partial charge in [0.1, 0.15) is 6.17 Å². The molecule has 1 unspecified atom stereocenters. The first-order chi connectivity index (χ1) is 7.81. The molecule has 1 N–H and O–H groups in total. The number of hydrogen-bond acceptors (Lipinski definition) is 3. The lowest BCUT2D eigenvalue weighted by Gasteiger charge is -1.91. The van der Waals surface area contributed by atoms with Gasteiger partial charge in [-0.3, -0.25) is 0 Å². The van der Waals surface area contributed by atoms with Crippen LogP contribution in [0.5, 0.6) is 0 Å². The third kappa shape index (κ3) is 10.3. The number of allylic oxidation sites excluding steroid dienone is 6. The molecule has 1 atom stereocenters. The van der Waals surface area contributed by atoms with Crippen LogP contribution in [-0.4, -0.2) is 12.4 Å². The molecule has 0 spiro atoms. The fourth-order valence-corrected chi connectivity index (χ4v) is 0.841. The van der Waals surface area contributed by atoms with Crippen LogP contribution in [0.15, 0.2) is 46.8 Å². The summed E-state index contributed by atoms with van der Waals surface area (Å²) >= 11 is 0. The van der Waals surface area contributed by atoms with Crippen molar-refractivity contribution in [3.8, 4) is 0 Å². The summed E-state index contributed by atoms with van der Waals surface area (Å²) in [5.74, 6) is 0. The minimum absolute atomic E-state index is 0.890. The van der Waals surface area contributed by atoms with Crippen LogP contribution < -0.4 is 5.53 Å². The summed E-state index contributed by atoms with van der Waals surface area (Å²) in [5.41, 5.74) is 1.86. The molecule has 0 aromatic rings. The highest BCUT2D eigenvalue weighted by Crippen LogP contribution is 1.98. The fraction of sp³-hybridized carbons (Fsp3) is 0.364. The number of nitrogens with one attached hydrogen (secondary N) is 1. The summed E-state index contributed by atoms with van der Waals surface area (Å²) < 4.78 is 13.0. The van der Waals surface area contributed by atoms with Gasteiger partial charge in [0.25, 0.3) is 0 Å². The number of nitroso groups, excluding NO2 is 1. The molecule has 0 aliphatic rings. The quantitative estimate of drug-likeness (QED) is 0.227. The number of nitrogens with zero attached hydrogens (tertiary/aromatic N) is 2. The van der Waals surface area contributed by atoms with Crippen molar-refractivity contribution in [2.24, 2.45) is 10.4 Å². The summed E-state index contributed by atoms with van der Waals surface area (Å²) in [5, 5.41) is 5.69. The van der Waals surface area contributed by atoms with E-state index in [1.54, 1.807) is 18.2 Å². The van der Waals surface area contributed by atoms with Gasteiger partial charge in [-0.1, -0.05) is 37.6 Å². The van der Waals surface area contributed by atoms with E-state index in [1.165, 1.54) is 18.4 Å². The molecule has 0 fully saturated rings. The molecular formula is C11H16FN3O. The maximum absolute atomic E-state index is 13.0. The predicted octanol–water partition coefficient (Wildman–Crippen LogP) is 3.05. The second-order valence-electron chi connectivity index (χ2n) is 2.90. The Bertz CT molecular complexity index is 285. The summed E-state index contributed by atoms with van der Waals surface area (Å²) in [6.45, 7) is 2.04. The summed E-state index contributed by atoms with van der Waals surface area (Å²) in [4.78, 5) is 9.54. The fourth-order valence-electron chi connectivity index (χ4n) is 0.841. The molecular weight excluding hydrogens is 209 g/mol. The van der Waals surface area contributed by atoms with Gasteiger partial charge in [0.2, 0.25) is 0 Å². The number of unbranched alkanes of at least 4 members (excludes halogenated alkanes) is 1. The van der Waals surface area contributed by atoms with Gasteiger partial charge in [-0.15, -0.1) is 4.91 Å². The molecule has 0 amide bonds. The summed E-state index contributed by atoms with van der Waals surface area (Å²) in [7, 11) is 0. The van der Waals surface area contributed by atoms with E-state index in [9.17, 15) is 9.30 Å². The monoisotopic (exact) mass is 225 g/mol. The maximum atomic E-state index is 13.0. The zero-order chi connectivity index (χ0) is 12.1. The Labute approximate surface area is 94.6 Å². The van der Waals surface area contributed by atoms with Crippen LogP contribution in [0, 0.1) is 4.91 Å². The molecule has 0 rings (SSSR count). The first-order valence-corrected chi connectivity index (χ1v) is 5.05. The number of alkyl halides is 1. The van der Waals surface area contributed by atoms with E-state index in [2.05, 4.69) is 10.4 Å². The molecule has 5 heteroatoms. The highest BCUT2D eigenvalue weighted by molar-refractivity contribution is 5.71. The first-order valence-electron chi connectivity index (χ1n) is 5.05. The molecule has 4 nitrogen and oxygen atoms in total. The second-order valence-corrected chi connectivity index (χ2v) is 2.90. The molecule has 0 radical (unpaired) electrons. The van der Waals surface area contributed by atoms with E-state index < -0.39 is 6.17 Å². The molecule has 0 saturated carbocycles. The highest BCUT2D eigenvalue weighted by Gasteiger charge is 1.90. The predicted molar refractivity (Wildman–Crippen MR) is 64.6 cm³/mol. The number of halogens is 1. The van der Waals surface area contributed by atoms with Gasteiger partial charge in [0, 0.05) is 6.21 Å². The normalized spacial score (nSPS) is 14.4. The van der Waals surface area contributed by atoms with Crippen molar-refractivity contribution in [1.29, 1.82) is 0 Å². The van der Waals surface area contributed by atoms with Crippen molar-refractivity contribution < 1.29 is 4.39 Å². The average molecular weight is 225 g/mol. The van der Waals surface area contributed by atoms with Gasteiger partial charge in [0.05, 0.1) is 5.29 Å². The standard InChI is InChI=1S/C11H16FN3O/c1-2-3-5-8-11(12)9-6-4-7-10-13-14-15-16/h4-11H,2-3H2,1H3,(H,14,16)/b7-4+,8-5+,9-6+,13-10+. The Hall–Kier alpha value is -1.78. The van der Waals surface area contributed by atoms with E-state index in [4.69, 9.17) is 0 Å². The van der Waals surface area contributed by atoms with Crippen molar-refractivity contribution in [2.75, 3.05) is 0 Å². The molecule has 0 aliphatic heterocycles. The number of rotatable bonds is 8. The maximum Gasteiger partial charge on any atom is 0.137 e. The first kappa shape index (κ1) is 14.2. The largest absolute Gasteiger partial charge is 0.238 e. The summed E-state index contributed by atoms with van der Waals surface area (Å²) in [6, 6.07) is 0. The Morgan fingerprint density at radius 2 is 2.12 bits per heavy atom. The average Bonchev–Trinajstić information content (AvgIpc) is 2.28. The van der Waals surface area contributed by atoms with Crippen LogP contribution in [0.4, 0.5) is 4.39 Å². The Morgan fingerprint density at radius 1 is 1.31 bits per heavy atom. The molecule has 0 heterocycles. The van der Waals surface area contributed by atoms with Crippen LogP contribution in [0.1, 0.15) is 19.8 Å². The van der Waals surface area contributed by atoms with Crippen molar-refractivity contribution >= 4 is 6.21 Å². The van der Waals surface area contributed by atoms with Gasteiger partial charge < -0.3 is 0 Å². The number of hydrogen-bond donors (Lipinski definition) is 1. The van der Waals surface area contributed by atoms with Crippen molar-refractivity contribution in [1.82, 2.24) is 5.53 Å². The van der Waals surface area contributed by atoms with Crippen molar-refractivity contribution in [3.63, 3.8) is 0 Å². The van der Waals surface area contributed by atoms with Crippen LogP contribution in [0.3, 0.4) is 0 Å². The van der Waals surface area contributed by atoms with E-state index in [0.29, 0.717) is 0 Å². The molecule has 0 bridgehead atoms. The molecule has 0 aromatic heterocycles. The van der Waals surface area contributed by atoms with Crippen LogP contribution in [-0.2, 0) is 0 Å². The van der Waals surface area contributed by atoms with E-state index >= 15 is 0 Å². The van der Waals surface area contributed by atoms with E-state index in [1.807, 2.05) is 18.5 Å². The zero-order valence-electron chi connectivity index (χ0n) is 9.21. The molecule has 88 valence electrons. The third-order valence-corrected chi connectivity index (χ3v) is 1.55. The molecule has 0 aliphatic carbocycles. The Balaban J connectivity index is 3.77. The molecule has 16 heavy (non-hydrogen) atoms. The van der Waals surface area contributed by atoms with Crippen LogP contribution >= 0.6 is 0 Å². The van der Waals surface area contributed by atoms with Gasteiger partial charge >= 0.3 is 0 Å². The molecule has 0 aromatic carbocycles. The van der Waals surface area contributed by atoms with Crippen LogP contribution in [0.2, 0.25) is 0 Å². The van der Waals surface area contributed by atoms with Gasteiger partial charge in [-0.05, 0) is 18.6 Å². The lowest BCUT2D eigenvalue weighted by atomic mass is 10.2. The Kier molecular flexibility index (Phi) is 10.0. The SMILES string of the molecule is CCC/C=C/C(F)/C=C/C=C/C=N/NN=O. The minimum atomic E-state index is -1.07. The van der Waals surface area contributed by atoms with E-state index in [0.717, 1.165) is 12.8 Å². The smallest absolute Gasteiger partial charge is 0.137 e. The van der Waals surface area contributed by atoms with Crippen molar-refractivity contribution in [2.45, 2.75) is 25.9 Å². The Morgan fingerprint density at radius 3 is 2.81 bits per heavy atom. The van der Waals surface area contributed by atoms with Gasteiger partial charge in [-0.25, -0.2) is 4.39 Å². The van der Waals surface area contributed by atoms with Gasteiger partial charge in [-0.2, -0.15) is 10.6 Å². The van der Waals surface area contributed by atoms with Crippen LogP contribution in [0.25, 0.3) is 0 Å². The zero-order valence-corrected chi connectivity index (χ0v) is 9.21.